The van der Waals surface area contributed by atoms with E-state index < -0.39 is 48.0 Å². The van der Waals surface area contributed by atoms with E-state index in [4.69, 9.17) is 9.47 Å². The van der Waals surface area contributed by atoms with E-state index in [9.17, 15) is 25.2 Å². The van der Waals surface area contributed by atoms with Crippen molar-refractivity contribution in [2.75, 3.05) is 19.4 Å². The van der Waals surface area contributed by atoms with Crippen molar-refractivity contribution in [1.29, 1.82) is 0 Å². The molecule has 2 unspecified atom stereocenters. The number of amides is 1. The molecule has 3 aliphatic heterocycles. The number of ether oxygens (including phenoxy) is 2. The second-order valence-corrected chi connectivity index (χ2v) is 10.9. The van der Waals surface area contributed by atoms with Crippen LogP contribution in [0.15, 0.2) is 0 Å². The molecule has 3 rings (SSSR count). The van der Waals surface area contributed by atoms with E-state index in [0.717, 1.165) is 19.3 Å². The SMILES string of the molecule is CSC1O[C@H]([C@H](NC(=O)[C@H]2NC[C@@H]3C[C@H](CC(C)C)CCO[C@H]32)[C@@H](C)O)C(O)[C@@H](O)[C@H]1O. The molecule has 1 amide bonds. The molecule has 0 spiro atoms. The van der Waals surface area contributed by atoms with Crippen LogP contribution in [-0.2, 0) is 14.3 Å². The molecule has 9 nitrogen and oxygen atoms in total. The molecule has 3 fully saturated rings. The molecule has 0 aliphatic carbocycles. The molecule has 0 aromatic heterocycles. The zero-order chi connectivity index (χ0) is 23.6. The summed E-state index contributed by atoms with van der Waals surface area (Å²) in [6.07, 6.45) is -1.66. The van der Waals surface area contributed by atoms with E-state index in [1.807, 2.05) is 0 Å². The molecular weight excluding hydrogens is 436 g/mol. The first-order valence-electron chi connectivity index (χ1n) is 11.7. The third-order valence-electron chi connectivity index (χ3n) is 6.97. The molecule has 0 radical (unpaired) electrons. The van der Waals surface area contributed by atoms with Crippen LogP contribution in [0.1, 0.15) is 40.0 Å². The van der Waals surface area contributed by atoms with Crippen molar-refractivity contribution in [2.24, 2.45) is 17.8 Å². The summed E-state index contributed by atoms with van der Waals surface area (Å²) in [6, 6.07) is -1.53. The first kappa shape index (κ1) is 26.2. The lowest BCUT2D eigenvalue weighted by atomic mass is 9.85. The fraction of sp³-hybridized carbons (Fsp3) is 0.955. The van der Waals surface area contributed by atoms with Gasteiger partial charge in [-0.25, -0.2) is 0 Å². The Balaban J connectivity index is 1.68. The van der Waals surface area contributed by atoms with E-state index in [1.165, 1.54) is 18.7 Å². The molecule has 0 saturated carbocycles. The minimum absolute atomic E-state index is 0.245. The first-order valence-corrected chi connectivity index (χ1v) is 13.0. The number of aliphatic hydroxyl groups is 4. The van der Waals surface area contributed by atoms with Gasteiger partial charge in [-0.15, -0.1) is 11.8 Å². The van der Waals surface area contributed by atoms with Crippen LogP contribution in [0.5, 0.6) is 0 Å². The maximum Gasteiger partial charge on any atom is 0.240 e. The average Bonchev–Trinajstić information content (AvgIpc) is 3.02. The largest absolute Gasteiger partial charge is 0.391 e. The summed E-state index contributed by atoms with van der Waals surface area (Å²) >= 11 is 1.19. The van der Waals surface area contributed by atoms with Gasteiger partial charge in [-0.2, -0.15) is 0 Å². The topological polar surface area (TPSA) is 141 Å². The Bertz CT molecular complexity index is 623. The van der Waals surface area contributed by atoms with Crippen molar-refractivity contribution < 1.29 is 34.7 Å². The number of fused-ring (bicyclic) bond motifs is 1. The fourth-order valence-corrected chi connectivity index (χ4v) is 6.05. The van der Waals surface area contributed by atoms with Crippen molar-refractivity contribution in [3.63, 3.8) is 0 Å². The number of hydrogen-bond acceptors (Lipinski definition) is 9. The standard InChI is InChI=1S/C22H40N2O7S/c1-10(2)7-12-5-6-30-19-13(8-12)9-23-15(19)21(29)24-14(11(3)25)20-17(27)16(26)18(28)22(31-20)32-4/h10-20,22-23,25-28H,5-9H2,1-4H3,(H,24,29)/t11-,12+,13+,14-,15+,16-,17?,18-,19-,20-,22?/m1/s1. The molecule has 11 atom stereocenters. The quantitative estimate of drug-likeness (QED) is 0.286. The van der Waals surface area contributed by atoms with Gasteiger partial charge >= 0.3 is 0 Å². The molecule has 186 valence electrons. The van der Waals surface area contributed by atoms with Crippen LogP contribution in [0, 0.1) is 17.8 Å². The normalized spacial score (nSPS) is 42.2. The zero-order valence-electron chi connectivity index (χ0n) is 19.4. The van der Waals surface area contributed by atoms with Crippen LogP contribution in [0.2, 0.25) is 0 Å². The highest BCUT2D eigenvalue weighted by Gasteiger charge is 2.49. The van der Waals surface area contributed by atoms with Crippen LogP contribution >= 0.6 is 11.8 Å². The highest BCUT2D eigenvalue weighted by molar-refractivity contribution is 7.99. The zero-order valence-corrected chi connectivity index (χ0v) is 20.2. The van der Waals surface area contributed by atoms with Crippen LogP contribution in [0.25, 0.3) is 0 Å². The Labute approximate surface area is 194 Å². The fourth-order valence-electron chi connectivity index (χ4n) is 5.37. The monoisotopic (exact) mass is 476 g/mol. The van der Waals surface area contributed by atoms with E-state index in [0.29, 0.717) is 25.0 Å². The van der Waals surface area contributed by atoms with Gasteiger partial charge in [0.2, 0.25) is 5.91 Å². The molecule has 3 heterocycles. The van der Waals surface area contributed by atoms with Gasteiger partial charge in [-0.1, -0.05) is 13.8 Å². The number of hydrogen-bond donors (Lipinski definition) is 6. The molecule has 3 saturated heterocycles. The lowest BCUT2D eigenvalue weighted by Gasteiger charge is -2.44. The third-order valence-corrected chi connectivity index (χ3v) is 7.83. The highest BCUT2D eigenvalue weighted by atomic mass is 32.2. The second-order valence-electron chi connectivity index (χ2n) is 9.95. The van der Waals surface area contributed by atoms with Gasteiger partial charge in [0.1, 0.15) is 35.9 Å². The number of aliphatic hydroxyl groups excluding tert-OH is 4. The van der Waals surface area contributed by atoms with Crippen molar-refractivity contribution in [2.45, 2.75) is 94.2 Å². The molecular formula is C22H40N2O7S. The van der Waals surface area contributed by atoms with Gasteiger partial charge in [0.25, 0.3) is 0 Å². The Morgan fingerprint density at radius 1 is 1.19 bits per heavy atom. The predicted octanol–water partition coefficient (Wildman–Crippen LogP) is -0.548. The maximum absolute atomic E-state index is 13.2. The Kier molecular flexibility index (Phi) is 9.24. The summed E-state index contributed by atoms with van der Waals surface area (Å²) < 4.78 is 11.9. The Hall–Kier alpha value is -0.460. The molecule has 0 aromatic rings. The van der Waals surface area contributed by atoms with E-state index >= 15 is 0 Å². The summed E-state index contributed by atoms with van der Waals surface area (Å²) in [4.78, 5) is 13.2. The van der Waals surface area contributed by atoms with E-state index in [2.05, 4.69) is 24.5 Å². The average molecular weight is 477 g/mol. The summed E-state index contributed by atoms with van der Waals surface area (Å²) in [5, 5.41) is 47.3. The van der Waals surface area contributed by atoms with Gasteiger partial charge in [0, 0.05) is 13.2 Å². The number of nitrogens with one attached hydrogen (secondary N) is 2. The van der Waals surface area contributed by atoms with Crippen molar-refractivity contribution >= 4 is 17.7 Å². The summed E-state index contributed by atoms with van der Waals surface area (Å²) in [7, 11) is 0. The molecule has 3 aliphatic rings. The smallest absolute Gasteiger partial charge is 0.240 e. The summed E-state index contributed by atoms with van der Waals surface area (Å²) in [5.41, 5.74) is -0.784. The van der Waals surface area contributed by atoms with Crippen LogP contribution in [-0.4, -0.2) is 99.9 Å². The highest BCUT2D eigenvalue weighted by Crippen LogP contribution is 2.34. The molecule has 32 heavy (non-hydrogen) atoms. The van der Waals surface area contributed by atoms with Crippen LogP contribution in [0.3, 0.4) is 0 Å². The molecule has 0 bridgehead atoms. The number of rotatable bonds is 7. The number of carbonyl (C=O) groups is 1. The van der Waals surface area contributed by atoms with Gasteiger partial charge in [-0.05, 0) is 50.2 Å². The van der Waals surface area contributed by atoms with Gasteiger partial charge in [-0.3, -0.25) is 4.79 Å². The lowest BCUT2D eigenvalue weighted by Crippen LogP contribution is -2.66. The van der Waals surface area contributed by atoms with Crippen molar-refractivity contribution in [3.8, 4) is 0 Å². The van der Waals surface area contributed by atoms with Crippen molar-refractivity contribution in [1.82, 2.24) is 10.6 Å². The van der Waals surface area contributed by atoms with Crippen LogP contribution < -0.4 is 10.6 Å². The minimum atomic E-state index is -1.46. The molecule has 10 heteroatoms. The number of thioether (sulfide) groups is 1. The third kappa shape index (κ3) is 5.78. The van der Waals surface area contributed by atoms with Gasteiger partial charge in [0.05, 0.1) is 18.2 Å². The summed E-state index contributed by atoms with van der Waals surface area (Å²) in [6.45, 7) is 7.26. The second kappa shape index (κ2) is 11.3. The Morgan fingerprint density at radius 3 is 2.53 bits per heavy atom. The van der Waals surface area contributed by atoms with Crippen LogP contribution in [0.4, 0.5) is 0 Å². The minimum Gasteiger partial charge on any atom is -0.391 e. The maximum atomic E-state index is 13.2. The van der Waals surface area contributed by atoms with E-state index in [-0.39, 0.29) is 17.9 Å². The molecule has 0 aromatic carbocycles. The molecule has 6 N–H and O–H groups in total. The lowest BCUT2D eigenvalue weighted by molar-refractivity contribution is -0.211. The summed E-state index contributed by atoms with van der Waals surface area (Å²) in [5.74, 6) is 1.12. The van der Waals surface area contributed by atoms with Gasteiger partial charge < -0.3 is 40.5 Å². The Morgan fingerprint density at radius 2 is 1.91 bits per heavy atom. The number of carbonyl (C=O) groups excluding carboxylic acids is 1. The predicted molar refractivity (Wildman–Crippen MR) is 121 cm³/mol. The van der Waals surface area contributed by atoms with E-state index in [1.54, 1.807) is 6.26 Å². The first-order chi connectivity index (χ1) is 15.1. The van der Waals surface area contributed by atoms with Crippen molar-refractivity contribution in [3.05, 3.63) is 0 Å². The van der Waals surface area contributed by atoms with Gasteiger partial charge in [0.15, 0.2) is 0 Å².